The van der Waals surface area contributed by atoms with Crippen molar-refractivity contribution in [1.29, 1.82) is 0 Å². The maximum atomic E-state index is 12.1. The number of ether oxygens (including phenoxy) is 1. The maximum absolute atomic E-state index is 12.1. The molecule has 1 rings (SSSR count). The fourth-order valence-electron chi connectivity index (χ4n) is 1.84. The highest BCUT2D eigenvalue weighted by atomic mass is 32.2. The first kappa shape index (κ1) is 16.7. The van der Waals surface area contributed by atoms with Crippen molar-refractivity contribution >= 4 is 16.0 Å². The summed E-state index contributed by atoms with van der Waals surface area (Å²) in [5.74, 6) is -0.307. The Labute approximate surface area is 120 Å². The van der Waals surface area contributed by atoms with Crippen molar-refractivity contribution in [2.45, 2.75) is 38.5 Å². The highest BCUT2D eigenvalue weighted by molar-refractivity contribution is 7.89. The molecule has 20 heavy (non-hydrogen) atoms. The molecular weight excluding hydrogens is 278 g/mol. The highest BCUT2D eigenvalue weighted by Crippen LogP contribution is 2.14. The molecule has 0 heterocycles. The summed E-state index contributed by atoms with van der Waals surface area (Å²) >= 11 is 0. The number of benzene rings is 1. The molecule has 0 saturated carbocycles. The van der Waals surface area contributed by atoms with Gasteiger partial charge in [0.15, 0.2) is 0 Å². The number of sulfonamides is 1. The fraction of sp³-hybridized carbons (Fsp3) is 0.500. The lowest BCUT2D eigenvalue weighted by atomic mass is 10.2. The van der Waals surface area contributed by atoms with Gasteiger partial charge in [-0.3, -0.25) is 4.79 Å². The monoisotopic (exact) mass is 299 g/mol. The molecule has 1 aromatic carbocycles. The second-order valence-corrected chi connectivity index (χ2v) is 6.40. The van der Waals surface area contributed by atoms with Gasteiger partial charge in [0, 0.05) is 13.0 Å². The summed E-state index contributed by atoms with van der Waals surface area (Å²) in [5.41, 5.74) is 1.80. The Kier molecular flexibility index (Phi) is 6.16. The van der Waals surface area contributed by atoms with E-state index < -0.39 is 10.0 Å². The van der Waals surface area contributed by atoms with Gasteiger partial charge in [-0.25, -0.2) is 13.1 Å². The molecule has 0 amide bonds. The zero-order chi connectivity index (χ0) is 15.2. The first-order valence-corrected chi connectivity index (χ1v) is 8.07. The fourth-order valence-corrected chi connectivity index (χ4v) is 3.11. The summed E-state index contributed by atoms with van der Waals surface area (Å²) in [6.07, 6.45) is 0.631. The van der Waals surface area contributed by atoms with Crippen LogP contribution in [0.5, 0.6) is 0 Å². The van der Waals surface area contributed by atoms with Crippen LogP contribution in [-0.2, 0) is 19.6 Å². The Morgan fingerprint density at radius 1 is 1.20 bits per heavy atom. The van der Waals surface area contributed by atoms with Crippen LogP contribution >= 0.6 is 0 Å². The smallest absolute Gasteiger partial charge is 0.305 e. The summed E-state index contributed by atoms with van der Waals surface area (Å²) < 4.78 is 31.4. The Morgan fingerprint density at radius 2 is 1.80 bits per heavy atom. The van der Waals surface area contributed by atoms with Gasteiger partial charge in [0.1, 0.15) is 0 Å². The van der Waals surface area contributed by atoms with Gasteiger partial charge in [-0.1, -0.05) is 6.07 Å². The third-order valence-corrected chi connectivity index (χ3v) is 4.10. The summed E-state index contributed by atoms with van der Waals surface area (Å²) in [4.78, 5) is 11.4. The van der Waals surface area contributed by atoms with E-state index in [9.17, 15) is 13.2 Å². The number of aryl methyl sites for hydroxylation is 2. The first-order chi connectivity index (χ1) is 9.35. The van der Waals surface area contributed by atoms with Gasteiger partial charge in [0.2, 0.25) is 10.0 Å². The van der Waals surface area contributed by atoms with E-state index in [2.05, 4.69) is 4.72 Å². The number of rotatable bonds is 7. The van der Waals surface area contributed by atoms with Gasteiger partial charge in [0.05, 0.1) is 11.5 Å². The SMILES string of the molecule is CCOC(=O)CCCNS(=O)(=O)c1cc(C)cc(C)c1. The van der Waals surface area contributed by atoms with Crippen LogP contribution in [0.15, 0.2) is 23.1 Å². The molecule has 0 aliphatic heterocycles. The van der Waals surface area contributed by atoms with Crippen molar-refractivity contribution in [1.82, 2.24) is 4.72 Å². The number of nitrogens with one attached hydrogen (secondary N) is 1. The number of hydrogen-bond acceptors (Lipinski definition) is 4. The zero-order valence-corrected chi connectivity index (χ0v) is 12.9. The van der Waals surface area contributed by atoms with Crippen molar-refractivity contribution in [3.63, 3.8) is 0 Å². The first-order valence-electron chi connectivity index (χ1n) is 6.58. The lowest BCUT2D eigenvalue weighted by molar-refractivity contribution is -0.143. The third kappa shape index (κ3) is 5.30. The van der Waals surface area contributed by atoms with Crippen LogP contribution in [0.2, 0.25) is 0 Å². The Bertz CT molecular complexity index is 546. The Hall–Kier alpha value is -1.40. The van der Waals surface area contributed by atoms with E-state index in [0.29, 0.717) is 13.0 Å². The molecule has 0 bridgehead atoms. The van der Waals surface area contributed by atoms with Crippen molar-refractivity contribution in [3.05, 3.63) is 29.3 Å². The molecule has 0 radical (unpaired) electrons. The van der Waals surface area contributed by atoms with E-state index in [-0.39, 0.29) is 23.8 Å². The van der Waals surface area contributed by atoms with E-state index >= 15 is 0 Å². The minimum absolute atomic E-state index is 0.212. The van der Waals surface area contributed by atoms with Gasteiger partial charge in [-0.15, -0.1) is 0 Å². The summed E-state index contributed by atoms with van der Waals surface area (Å²) in [6, 6.07) is 5.17. The van der Waals surface area contributed by atoms with Crippen LogP contribution in [-0.4, -0.2) is 27.5 Å². The highest BCUT2D eigenvalue weighted by Gasteiger charge is 2.14. The van der Waals surface area contributed by atoms with E-state index in [4.69, 9.17) is 4.74 Å². The van der Waals surface area contributed by atoms with Gasteiger partial charge in [0.25, 0.3) is 0 Å². The summed E-state index contributed by atoms with van der Waals surface area (Å²) in [5, 5.41) is 0. The average Bonchev–Trinajstić information content (AvgIpc) is 2.34. The van der Waals surface area contributed by atoms with Crippen LogP contribution < -0.4 is 4.72 Å². The molecule has 0 aliphatic rings. The minimum atomic E-state index is -3.52. The second kappa shape index (κ2) is 7.40. The van der Waals surface area contributed by atoms with Crippen molar-refractivity contribution in [2.75, 3.05) is 13.2 Å². The maximum Gasteiger partial charge on any atom is 0.305 e. The molecular formula is C14H21NO4S. The Balaban J connectivity index is 2.56. The van der Waals surface area contributed by atoms with Crippen molar-refractivity contribution in [2.24, 2.45) is 0 Å². The molecule has 1 aromatic rings. The van der Waals surface area contributed by atoms with Gasteiger partial charge >= 0.3 is 5.97 Å². The molecule has 112 valence electrons. The lowest BCUT2D eigenvalue weighted by Crippen LogP contribution is -2.25. The summed E-state index contributed by atoms with van der Waals surface area (Å²) in [7, 11) is -3.52. The van der Waals surface area contributed by atoms with Crippen LogP contribution in [0.3, 0.4) is 0 Å². The van der Waals surface area contributed by atoms with E-state index in [1.54, 1.807) is 19.1 Å². The quantitative estimate of drug-likeness (QED) is 0.617. The Morgan fingerprint density at radius 3 is 2.35 bits per heavy atom. The van der Waals surface area contributed by atoms with E-state index in [1.165, 1.54) is 0 Å². The van der Waals surface area contributed by atoms with Crippen LogP contribution in [0.4, 0.5) is 0 Å². The summed E-state index contributed by atoms with van der Waals surface area (Å²) in [6.45, 7) is 6.00. The van der Waals surface area contributed by atoms with E-state index in [0.717, 1.165) is 11.1 Å². The molecule has 5 nitrogen and oxygen atoms in total. The van der Waals surface area contributed by atoms with Crippen LogP contribution in [0.25, 0.3) is 0 Å². The van der Waals surface area contributed by atoms with Gasteiger partial charge in [-0.05, 0) is 50.5 Å². The molecule has 0 fully saturated rings. The average molecular weight is 299 g/mol. The number of carbonyl (C=O) groups is 1. The predicted molar refractivity (Wildman–Crippen MR) is 77.0 cm³/mol. The topological polar surface area (TPSA) is 72.5 Å². The van der Waals surface area contributed by atoms with Gasteiger partial charge < -0.3 is 4.74 Å². The normalized spacial score (nSPS) is 11.3. The van der Waals surface area contributed by atoms with E-state index in [1.807, 2.05) is 19.9 Å². The molecule has 0 unspecified atom stereocenters. The molecule has 0 spiro atoms. The van der Waals surface area contributed by atoms with Crippen LogP contribution in [0, 0.1) is 13.8 Å². The molecule has 0 atom stereocenters. The van der Waals surface area contributed by atoms with Crippen molar-refractivity contribution in [3.8, 4) is 0 Å². The standard InChI is InChI=1S/C14H21NO4S/c1-4-19-14(16)6-5-7-15-20(17,18)13-9-11(2)8-12(3)10-13/h8-10,15H,4-7H2,1-3H3. The molecule has 0 saturated heterocycles. The van der Waals surface area contributed by atoms with Gasteiger partial charge in [-0.2, -0.15) is 0 Å². The third-order valence-electron chi connectivity index (χ3n) is 2.66. The van der Waals surface area contributed by atoms with Crippen LogP contribution in [0.1, 0.15) is 30.9 Å². The minimum Gasteiger partial charge on any atom is -0.466 e. The zero-order valence-electron chi connectivity index (χ0n) is 12.1. The second-order valence-electron chi connectivity index (χ2n) is 4.63. The molecule has 0 aliphatic carbocycles. The number of esters is 1. The molecule has 0 aromatic heterocycles. The predicted octanol–water partition coefficient (Wildman–Crippen LogP) is 1.93. The number of carbonyl (C=O) groups excluding carboxylic acids is 1. The van der Waals surface area contributed by atoms with Crippen molar-refractivity contribution < 1.29 is 17.9 Å². The largest absolute Gasteiger partial charge is 0.466 e. The molecule has 6 heteroatoms. The lowest BCUT2D eigenvalue weighted by Gasteiger charge is -2.08. The number of hydrogen-bond donors (Lipinski definition) is 1. The molecule has 1 N–H and O–H groups in total.